The topological polar surface area (TPSA) is 56.3 Å². The van der Waals surface area contributed by atoms with Crippen LogP contribution in [-0.2, 0) is 21.3 Å². The second kappa shape index (κ2) is 6.82. The van der Waals surface area contributed by atoms with Gasteiger partial charge in [0.15, 0.2) is 5.79 Å². The Balaban J connectivity index is 1.68. The average Bonchev–Trinajstić information content (AvgIpc) is 3.21. The summed E-state index contributed by atoms with van der Waals surface area (Å²) in [5.74, 6) is 1.06. The Morgan fingerprint density at radius 1 is 1.14 bits per heavy atom. The van der Waals surface area contributed by atoms with E-state index in [2.05, 4.69) is 54.5 Å². The van der Waals surface area contributed by atoms with Gasteiger partial charge >= 0.3 is 0 Å². The van der Waals surface area contributed by atoms with Crippen LogP contribution in [0.2, 0.25) is 0 Å². The maximum Gasteiger partial charge on any atom is 0.222 e. The zero-order valence-electron chi connectivity index (χ0n) is 16.8. The molecule has 2 aromatic rings. The number of hydrogen-bond acceptors (Lipinski definition) is 5. The van der Waals surface area contributed by atoms with Crippen LogP contribution in [0.5, 0.6) is 0 Å². The van der Waals surface area contributed by atoms with Crippen molar-refractivity contribution < 1.29 is 9.47 Å². The van der Waals surface area contributed by atoms with Crippen LogP contribution in [-0.4, -0.2) is 35.5 Å². The quantitative estimate of drug-likeness (QED) is 0.876. The Morgan fingerprint density at radius 3 is 2.68 bits per heavy atom. The molecule has 0 bridgehead atoms. The minimum absolute atomic E-state index is 0.109. The minimum atomic E-state index is -0.419. The van der Waals surface area contributed by atoms with Gasteiger partial charge in [-0.3, -0.25) is 0 Å². The normalized spacial score (nSPS) is 30.6. The largest absolute Gasteiger partial charge is 0.354 e. The first kappa shape index (κ1) is 18.1. The van der Waals surface area contributed by atoms with Crippen molar-refractivity contribution in [2.24, 2.45) is 11.8 Å². The third-order valence-electron chi connectivity index (χ3n) is 7.21. The van der Waals surface area contributed by atoms with Crippen molar-refractivity contribution in [3.8, 4) is 0 Å². The number of ether oxygens (including phenoxy) is 2. The summed E-state index contributed by atoms with van der Waals surface area (Å²) in [6.07, 6.45) is 6.06. The molecule has 1 spiro atoms. The van der Waals surface area contributed by atoms with Crippen LogP contribution < -0.4 is 5.32 Å². The highest BCUT2D eigenvalue weighted by Crippen LogP contribution is 2.59. The van der Waals surface area contributed by atoms with Gasteiger partial charge in [0, 0.05) is 30.5 Å². The standard InChI is InChI=1S/C23H29N3O2/c1-3-24-21-25-15-17-9-10-19-16(2)23(27-13-14-28-23)12-11-22(19,20(17)26-21)18-7-5-4-6-8-18/h4-8,15-16,19H,3,9-14H2,1-2H3,(H,24,25,26)/t16-,19-,22+/m0/s1. The van der Waals surface area contributed by atoms with Gasteiger partial charge in [-0.05, 0) is 43.2 Å². The molecule has 28 heavy (non-hydrogen) atoms. The molecule has 1 saturated heterocycles. The van der Waals surface area contributed by atoms with Crippen molar-refractivity contribution in [2.75, 3.05) is 25.1 Å². The van der Waals surface area contributed by atoms with E-state index in [1.165, 1.54) is 16.8 Å². The van der Waals surface area contributed by atoms with Gasteiger partial charge < -0.3 is 14.8 Å². The molecule has 2 heterocycles. The first-order valence-corrected chi connectivity index (χ1v) is 10.6. The summed E-state index contributed by atoms with van der Waals surface area (Å²) in [4.78, 5) is 9.64. The fraction of sp³-hybridized carbons (Fsp3) is 0.565. The van der Waals surface area contributed by atoms with Gasteiger partial charge in [0.05, 0.1) is 18.9 Å². The number of fused-ring (bicyclic) bond motifs is 3. The molecule has 2 fully saturated rings. The maximum absolute atomic E-state index is 6.21. The van der Waals surface area contributed by atoms with E-state index in [1.807, 2.05) is 6.20 Å². The molecule has 148 valence electrons. The lowest BCUT2D eigenvalue weighted by atomic mass is 9.52. The van der Waals surface area contributed by atoms with Crippen molar-refractivity contribution in [1.29, 1.82) is 0 Å². The number of aromatic nitrogens is 2. The van der Waals surface area contributed by atoms with E-state index in [-0.39, 0.29) is 5.41 Å². The van der Waals surface area contributed by atoms with E-state index in [0.29, 0.717) is 25.0 Å². The van der Waals surface area contributed by atoms with Crippen LogP contribution in [0.4, 0.5) is 5.95 Å². The highest BCUT2D eigenvalue weighted by atomic mass is 16.7. The molecule has 1 aromatic carbocycles. The third kappa shape index (κ3) is 2.52. The second-order valence-corrected chi connectivity index (χ2v) is 8.38. The number of hydrogen-bond donors (Lipinski definition) is 1. The highest BCUT2D eigenvalue weighted by molar-refractivity contribution is 5.46. The minimum Gasteiger partial charge on any atom is -0.354 e. The summed E-state index contributed by atoms with van der Waals surface area (Å²) in [5.41, 5.74) is 3.75. The summed E-state index contributed by atoms with van der Waals surface area (Å²) in [5, 5.41) is 3.31. The first-order valence-electron chi connectivity index (χ1n) is 10.6. The lowest BCUT2D eigenvalue weighted by Crippen LogP contribution is -2.57. The maximum atomic E-state index is 6.21. The van der Waals surface area contributed by atoms with Gasteiger partial charge in [-0.15, -0.1) is 0 Å². The molecule has 5 rings (SSSR count). The fourth-order valence-corrected chi connectivity index (χ4v) is 5.95. The summed E-state index contributed by atoms with van der Waals surface area (Å²) >= 11 is 0. The van der Waals surface area contributed by atoms with E-state index >= 15 is 0 Å². The van der Waals surface area contributed by atoms with E-state index in [1.54, 1.807) is 0 Å². The van der Waals surface area contributed by atoms with Gasteiger partial charge in [-0.1, -0.05) is 37.3 Å². The van der Waals surface area contributed by atoms with Gasteiger partial charge in [0.2, 0.25) is 5.95 Å². The number of nitrogens with zero attached hydrogens (tertiary/aromatic N) is 2. The summed E-state index contributed by atoms with van der Waals surface area (Å²) in [6, 6.07) is 11.0. The van der Waals surface area contributed by atoms with Crippen LogP contribution in [0.25, 0.3) is 0 Å². The molecule has 3 atom stereocenters. The SMILES string of the molecule is CCNc1ncc2c(n1)[C@@]1(c3ccccc3)CCC3(OCCO3)[C@@H](C)[C@@H]1CC2. The van der Waals surface area contributed by atoms with E-state index in [9.17, 15) is 0 Å². The van der Waals surface area contributed by atoms with Crippen LogP contribution in [0.1, 0.15) is 49.9 Å². The zero-order chi connectivity index (χ0) is 19.2. The summed E-state index contributed by atoms with van der Waals surface area (Å²) in [7, 11) is 0. The molecular weight excluding hydrogens is 350 g/mol. The average molecular weight is 380 g/mol. The lowest BCUT2D eigenvalue weighted by Gasteiger charge is -2.55. The fourth-order valence-electron chi connectivity index (χ4n) is 5.95. The Morgan fingerprint density at radius 2 is 1.93 bits per heavy atom. The smallest absolute Gasteiger partial charge is 0.222 e. The molecule has 0 radical (unpaired) electrons. The van der Waals surface area contributed by atoms with Crippen molar-refractivity contribution in [2.45, 2.75) is 50.7 Å². The van der Waals surface area contributed by atoms with Crippen LogP contribution in [0.3, 0.4) is 0 Å². The van der Waals surface area contributed by atoms with Crippen LogP contribution >= 0.6 is 0 Å². The zero-order valence-corrected chi connectivity index (χ0v) is 16.8. The van der Waals surface area contributed by atoms with Crippen molar-refractivity contribution in [3.63, 3.8) is 0 Å². The molecule has 0 amide bonds. The molecular formula is C23H29N3O2. The Kier molecular flexibility index (Phi) is 4.40. The predicted molar refractivity (Wildman–Crippen MR) is 108 cm³/mol. The summed E-state index contributed by atoms with van der Waals surface area (Å²) in [6.45, 7) is 6.64. The lowest BCUT2D eigenvalue weighted by molar-refractivity contribution is -0.232. The van der Waals surface area contributed by atoms with Gasteiger partial charge in [-0.2, -0.15) is 0 Å². The van der Waals surface area contributed by atoms with Crippen molar-refractivity contribution in [1.82, 2.24) is 9.97 Å². The Hall–Kier alpha value is -1.98. The number of rotatable bonds is 3. The van der Waals surface area contributed by atoms with Crippen LogP contribution in [0.15, 0.2) is 36.5 Å². The second-order valence-electron chi connectivity index (χ2n) is 8.38. The Labute approximate surface area is 166 Å². The van der Waals surface area contributed by atoms with Crippen LogP contribution in [0, 0.1) is 11.8 Å². The summed E-state index contributed by atoms with van der Waals surface area (Å²) < 4.78 is 12.4. The van der Waals surface area contributed by atoms with Crippen molar-refractivity contribution >= 4 is 5.95 Å². The monoisotopic (exact) mass is 379 g/mol. The van der Waals surface area contributed by atoms with E-state index < -0.39 is 5.79 Å². The molecule has 1 aliphatic heterocycles. The first-order chi connectivity index (χ1) is 13.7. The number of anilines is 1. The molecule has 1 aromatic heterocycles. The third-order valence-corrected chi connectivity index (χ3v) is 7.21. The number of nitrogens with one attached hydrogen (secondary N) is 1. The number of aryl methyl sites for hydroxylation is 1. The van der Waals surface area contributed by atoms with E-state index in [4.69, 9.17) is 14.5 Å². The van der Waals surface area contributed by atoms with Gasteiger partial charge in [0.1, 0.15) is 0 Å². The molecule has 5 nitrogen and oxygen atoms in total. The Bertz CT molecular complexity index is 850. The van der Waals surface area contributed by atoms with Gasteiger partial charge in [0.25, 0.3) is 0 Å². The van der Waals surface area contributed by atoms with Crippen molar-refractivity contribution in [3.05, 3.63) is 53.3 Å². The predicted octanol–water partition coefficient (Wildman–Crippen LogP) is 3.93. The number of benzene rings is 1. The van der Waals surface area contributed by atoms with E-state index in [0.717, 1.165) is 38.2 Å². The molecule has 1 saturated carbocycles. The van der Waals surface area contributed by atoms with Gasteiger partial charge in [-0.25, -0.2) is 9.97 Å². The molecule has 2 aliphatic carbocycles. The molecule has 0 unspecified atom stereocenters. The highest BCUT2D eigenvalue weighted by Gasteiger charge is 2.60. The molecule has 5 heteroatoms. The molecule has 3 aliphatic rings. The molecule has 1 N–H and O–H groups in total.